The number of rotatable bonds is 5. The molecule has 1 aliphatic rings. The third-order valence-corrected chi connectivity index (χ3v) is 5.26. The highest BCUT2D eigenvalue weighted by molar-refractivity contribution is 7.13. The Hall–Kier alpha value is -2.72. The Bertz CT molecular complexity index is 820. The monoisotopic (exact) mass is 369 g/mol. The summed E-state index contributed by atoms with van der Waals surface area (Å²) in [6, 6.07) is 11.7. The van der Waals surface area contributed by atoms with Gasteiger partial charge < -0.3 is 10.1 Å². The Morgan fingerprint density at radius 3 is 2.65 bits per heavy atom. The van der Waals surface area contributed by atoms with Crippen LogP contribution in [0.5, 0.6) is 0 Å². The molecule has 2 aromatic rings. The van der Waals surface area contributed by atoms with Gasteiger partial charge in [0.2, 0.25) is 0 Å². The Morgan fingerprint density at radius 2 is 1.96 bits per heavy atom. The minimum atomic E-state index is -0.831. The van der Waals surface area contributed by atoms with Crippen molar-refractivity contribution >= 4 is 23.2 Å². The zero-order valence-corrected chi connectivity index (χ0v) is 15.1. The van der Waals surface area contributed by atoms with Gasteiger partial charge in [-0.3, -0.25) is 4.79 Å². The highest BCUT2D eigenvalue weighted by Gasteiger charge is 2.33. The molecule has 7 heteroatoms. The maximum Gasteiger partial charge on any atom is 0.358 e. The number of nitrogens with one attached hydrogen (secondary N) is 1. The molecule has 1 aromatic heterocycles. The lowest BCUT2D eigenvalue weighted by Gasteiger charge is -2.31. The largest absolute Gasteiger partial charge is 0.451 e. The molecule has 1 N–H and O–H groups in total. The van der Waals surface area contributed by atoms with E-state index < -0.39 is 24.0 Å². The smallest absolute Gasteiger partial charge is 0.358 e. The molecule has 1 saturated carbocycles. The second kappa shape index (κ2) is 8.11. The van der Waals surface area contributed by atoms with Crippen LogP contribution in [0.1, 0.15) is 42.6 Å². The Balaban J connectivity index is 1.55. The molecule has 1 heterocycles. The molecular formula is C19H19N3O3S. The van der Waals surface area contributed by atoms with Gasteiger partial charge in [0.15, 0.2) is 12.3 Å². The molecule has 1 aliphatic carbocycles. The zero-order chi connectivity index (χ0) is 18.4. The number of aromatic nitrogens is 1. The number of amides is 1. The van der Waals surface area contributed by atoms with E-state index in [0.717, 1.165) is 24.8 Å². The quantitative estimate of drug-likeness (QED) is 0.816. The van der Waals surface area contributed by atoms with Crippen molar-refractivity contribution in [3.05, 3.63) is 41.4 Å². The fourth-order valence-corrected chi connectivity index (χ4v) is 3.80. The maximum atomic E-state index is 12.1. The van der Waals surface area contributed by atoms with Crippen LogP contribution in [0.2, 0.25) is 0 Å². The summed E-state index contributed by atoms with van der Waals surface area (Å²) >= 11 is 1.34. The van der Waals surface area contributed by atoms with Gasteiger partial charge in [-0.2, -0.15) is 5.26 Å². The first kappa shape index (κ1) is 18.1. The molecule has 0 bridgehead atoms. The van der Waals surface area contributed by atoms with Gasteiger partial charge in [-0.25, -0.2) is 9.78 Å². The van der Waals surface area contributed by atoms with Crippen LogP contribution in [0.25, 0.3) is 10.6 Å². The summed E-state index contributed by atoms with van der Waals surface area (Å²) in [5, 5.41) is 14.4. The van der Waals surface area contributed by atoms with Crippen molar-refractivity contribution in [1.29, 1.82) is 5.26 Å². The first-order valence-electron chi connectivity index (χ1n) is 8.52. The van der Waals surface area contributed by atoms with Crippen LogP contribution in [0, 0.1) is 11.3 Å². The lowest BCUT2D eigenvalue weighted by molar-refractivity contribution is -0.125. The minimum absolute atomic E-state index is 0.175. The summed E-state index contributed by atoms with van der Waals surface area (Å²) in [7, 11) is 0. The van der Waals surface area contributed by atoms with Crippen molar-refractivity contribution in [2.24, 2.45) is 0 Å². The number of benzene rings is 1. The van der Waals surface area contributed by atoms with Crippen molar-refractivity contribution in [2.75, 3.05) is 6.61 Å². The molecular weight excluding hydrogens is 350 g/mol. The van der Waals surface area contributed by atoms with E-state index in [2.05, 4.69) is 16.4 Å². The van der Waals surface area contributed by atoms with Crippen LogP contribution in [-0.2, 0) is 9.53 Å². The normalized spacial score (nSPS) is 15.7. The van der Waals surface area contributed by atoms with Gasteiger partial charge in [-0.05, 0) is 12.8 Å². The molecule has 0 radical (unpaired) electrons. The van der Waals surface area contributed by atoms with Crippen LogP contribution in [0.15, 0.2) is 35.7 Å². The second-order valence-corrected chi connectivity index (χ2v) is 7.14. The van der Waals surface area contributed by atoms with Crippen molar-refractivity contribution in [3.63, 3.8) is 0 Å². The number of esters is 1. The van der Waals surface area contributed by atoms with Crippen molar-refractivity contribution in [1.82, 2.24) is 10.3 Å². The predicted molar refractivity (Wildman–Crippen MR) is 97.4 cm³/mol. The molecule has 1 amide bonds. The topological polar surface area (TPSA) is 92.1 Å². The summed E-state index contributed by atoms with van der Waals surface area (Å²) in [5.74, 6) is -1.10. The molecule has 0 atom stereocenters. The molecule has 1 fully saturated rings. The Kier molecular flexibility index (Phi) is 5.64. The van der Waals surface area contributed by atoms with Crippen LogP contribution < -0.4 is 5.32 Å². The summed E-state index contributed by atoms with van der Waals surface area (Å²) in [4.78, 5) is 28.5. The molecule has 134 valence electrons. The van der Waals surface area contributed by atoms with Crippen molar-refractivity contribution in [3.8, 4) is 16.6 Å². The highest BCUT2D eigenvalue weighted by atomic mass is 32.1. The molecule has 1 aromatic carbocycles. The number of carbonyl (C=O) groups is 2. The number of hydrogen-bond acceptors (Lipinski definition) is 6. The molecule has 0 saturated heterocycles. The molecule has 6 nitrogen and oxygen atoms in total. The van der Waals surface area contributed by atoms with Gasteiger partial charge in [-0.15, -0.1) is 11.3 Å². The van der Waals surface area contributed by atoms with Gasteiger partial charge in [0, 0.05) is 10.9 Å². The van der Waals surface area contributed by atoms with E-state index in [4.69, 9.17) is 4.74 Å². The van der Waals surface area contributed by atoms with Gasteiger partial charge in [0.25, 0.3) is 5.91 Å². The summed E-state index contributed by atoms with van der Waals surface area (Å²) in [6.45, 7) is -0.416. The van der Waals surface area contributed by atoms with Gasteiger partial charge >= 0.3 is 5.97 Å². The molecule has 0 aliphatic heterocycles. The highest BCUT2D eigenvalue weighted by Crippen LogP contribution is 2.27. The van der Waals surface area contributed by atoms with Gasteiger partial charge in [-0.1, -0.05) is 49.6 Å². The average Bonchev–Trinajstić information content (AvgIpc) is 3.18. The SMILES string of the molecule is N#CC1(NC(=O)COC(=O)c2csc(-c3ccccc3)n2)CCCCC1. The Labute approximate surface area is 155 Å². The van der Waals surface area contributed by atoms with E-state index in [9.17, 15) is 14.9 Å². The number of hydrogen-bond donors (Lipinski definition) is 1. The number of thiazole rings is 1. The van der Waals surface area contributed by atoms with Crippen LogP contribution in [0.3, 0.4) is 0 Å². The summed E-state index contributed by atoms with van der Waals surface area (Å²) in [6.07, 6.45) is 4.16. The molecule has 0 unspecified atom stereocenters. The van der Waals surface area contributed by atoms with E-state index in [1.807, 2.05) is 30.3 Å². The summed E-state index contributed by atoms with van der Waals surface area (Å²) < 4.78 is 5.05. The number of carbonyl (C=O) groups excluding carboxylic acids is 2. The molecule has 0 spiro atoms. The first-order chi connectivity index (χ1) is 12.6. The predicted octanol–water partition coefficient (Wildman–Crippen LogP) is 3.31. The first-order valence-corrected chi connectivity index (χ1v) is 9.40. The standard InChI is InChI=1S/C19H19N3O3S/c20-13-19(9-5-2-6-10-19)22-16(23)11-25-18(24)15-12-26-17(21-15)14-7-3-1-4-8-14/h1,3-4,7-8,12H,2,5-6,9-11H2,(H,22,23). The third-order valence-electron chi connectivity index (χ3n) is 4.37. The number of ether oxygens (including phenoxy) is 1. The van der Waals surface area contributed by atoms with Gasteiger partial charge in [0.05, 0.1) is 6.07 Å². The minimum Gasteiger partial charge on any atom is -0.451 e. The number of nitrogens with zero attached hydrogens (tertiary/aromatic N) is 2. The van der Waals surface area contributed by atoms with E-state index >= 15 is 0 Å². The lowest BCUT2D eigenvalue weighted by atomic mass is 9.83. The lowest BCUT2D eigenvalue weighted by Crippen LogP contribution is -2.50. The van der Waals surface area contributed by atoms with E-state index in [-0.39, 0.29) is 5.69 Å². The van der Waals surface area contributed by atoms with E-state index in [0.29, 0.717) is 17.8 Å². The average molecular weight is 369 g/mol. The van der Waals surface area contributed by atoms with E-state index in [1.165, 1.54) is 11.3 Å². The molecule has 3 rings (SSSR count). The van der Waals surface area contributed by atoms with Crippen LogP contribution >= 0.6 is 11.3 Å². The Morgan fingerprint density at radius 1 is 1.23 bits per heavy atom. The van der Waals surface area contributed by atoms with Crippen molar-refractivity contribution in [2.45, 2.75) is 37.6 Å². The number of nitriles is 1. The fourth-order valence-electron chi connectivity index (χ4n) is 3.01. The van der Waals surface area contributed by atoms with Gasteiger partial charge in [0.1, 0.15) is 10.5 Å². The zero-order valence-electron chi connectivity index (χ0n) is 14.2. The summed E-state index contributed by atoms with van der Waals surface area (Å²) in [5.41, 5.74) is 0.264. The van der Waals surface area contributed by atoms with Crippen LogP contribution in [-0.4, -0.2) is 29.0 Å². The third kappa shape index (κ3) is 4.27. The van der Waals surface area contributed by atoms with E-state index in [1.54, 1.807) is 5.38 Å². The fraction of sp³-hybridized carbons (Fsp3) is 0.368. The maximum absolute atomic E-state index is 12.1. The molecule has 26 heavy (non-hydrogen) atoms. The second-order valence-electron chi connectivity index (χ2n) is 6.28. The van der Waals surface area contributed by atoms with Crippen molar-refractivity contribution < 1.29 is 14.3 Å². The van der Waals surface area contributed by atoms with Crippen LogP contribution in [0.4, 0.5) is 0 Å².